The fourth-order valence-corrected chi connectivity index (χ4v) is 7.88. The van der Waals surface area contributed by atoms with Gasteiger partial charge in [0.15, 0.2) is 29.3 Å². The monoisotopic (exact) mass is 805 g/mol. The number of aromatic hydroxyl groups is 2. The predicted molar refractivity (Wildman–Crippen MR) is 217 cm³/mol. The molecule has 1 aliphatic heterocycles. The molecule has 0 bridgehead atoms. The van der Waals surface area contributed by atoms with E-state index in [2.05, 4.69) is 0 Å². The Labute approximate surface area is 335 Å². The van der Waals surface area contributed by atoms with Gasteiger partial charge in [0.1, 0.15) is 5.75 Å². The van der Waals surface area contributed by atoms with Crippen molar-refractivity contribution in [3.05, 3.63) is 113 Å². The Kier molecular flexibility index (Phi) is 16.1. The van der Waals surface area contributed by atoms with E-state index in [1.165, 1.54) is 26.4 Å². The molecular formula is C43H56N3O10P. The fraction of sp³-hybridized carbons (Fsp3) is 0.419. The van der Waals surface area contributed by atoms with Gasteiger partial charge in [0, 0.05) is 19.6 Å². The van der Waals surface area contributed by atoms with Crippen molar-refractivity contribution in [3.63, 3.8) is 0 Å². The number of aliphatic hydroxyl groups is 1. The number of carbonyl (C=O) groups excluding carboxylic acids is 1. The zero-order valence-corrected chi connectivity index (χ0v) is 34.2. The summed E-state index contributed by atoms with van der Waals surface area (Å²) in [4.78, 5) is 16.7. The zero-order valence-electron chi connectivity index (χ0n) is 33.3. The van der Waals surface area contributed by atoms with Gasteiger partial charge in [-0.3, -0.25) is 9.57 Å². The number of hydrogen-bond acceptors (Lipinski definition) is 11. The van der Waals surface area contributed by atoms with E-state index in [1.807, 2.05) is 61.3 Å². The first-order chi connectivity index (χ1) is 27.6. The maximum atomic E-state index is 15.0. The average Bonchev–Trinajstić information content (AvgIpc) is 3.29. The molecule has 57 heavy (non-hydrogen) atoms. The van der Waals surface area contributed by atoms with Crippen molar-refractivity contribution >= 4 is 13.6 Å². The normalized spacial score (nSPS) is 16.4. The number of ether oxygens (including phenoxy) is 3. The van der Waals surface area contributed by atoms with Crippen LogP contribution in [0.3, 0.4) is 0 Å². The number of urea groups is 1. The number of amides is 2. The molecule has 0 saturated carbocycles. The zero-order chi connectivity index (χ0) is 40.8. The first-order valence-electron chi connectivity index (χ1n) is 19.4. The molecule has 4 aromatic rings. The van der Waals surface area contributed by atoms with Crippen molar-refractivity contribution in [2.75, 3.05) is 40.3 Å². The van der Waals surface area contributed by atoms with Crippen LogP contribution in [0.5, 0.6) is 28.7 Å². The first kappa shape index (κ1) is 43.3. The van der Waals surface area contributed by atoms with Gasteiger partial charge in [-0.1, -0.05) is 81.3 Å². The molecule has 4 aromatic carbocycles. The van der Waals surface area contributed by atoms with Crippen LogP contribution in [0, 0.1) is 0 Å². The molecule has 5 rings (SSSR count). The lowest BCUT2D eigenvalue weighted by Gasteiger charge is -2.36. The number of aliphatic hydroxyl groups excluding tert-OH is 1. The molecule has 1 aliphatic rings. The van der Waals surface area contributed by atoms with E-state index in [-0.39, 0.29) is 55.0 Å². The summed E-state index contributed by atoms with van der Waals surface area (Å²) in [5.41, 5.74) is 3.18. The number of phenolic OH excluding ortho intramolecular Hbond substituents is 2. The van der Waals surface area contributed by atoms with Gasteiger partial charge in [-0.05, 0) is 77.9 Å². The fourth-order valence-electron chi connectivity index (χ4n) is 6.53. The summed E-state index contributed by atoms with van der Waals surface area (Å²) in [6.07, 6.45) is 2.39. The highest BCUT2D eigenvalue weighted by Crippen LogP contribution is 2.48. The Morgan fingerprint density at radius 3 is 1.84 bits per heavy atom. The summed E-state index contributed by atoms with van der Waals surface area (Å²) >= 11 is 0. The molecule has 308 valence electrons. The SMILES string of the molecule is CCCCOP(=O)(COc1ccc(C[C@@H]2[C@H](O)CN(Cc3ccccc3)N(Cc3ccc(O)c(OC)c3)C(=O)N2Cc2ccc(O)c(OC)c2)cc1)OCCCC. The van der Waals surface area contributed by atoms with E-state index < -0.39 is 19.7 Å². The van der Waals surface area contributed by atoms with Crippen LogP contribution in [0.1, 0.15) is 61.8 Å². The van der Waals surface area contributed by atoms with Crippen molar-refractivity contribution in [3.8, 4) is 28.7 Å². The lowest BCUT2D eigenvalue weighted by atomic mass is 9.98. The van der Waals surface area contributed by atoms with Gasteiger partial charge in [-0.25, -0.2) is 9.80 Å². The van der Waals surface area contributed by atoms with Crippen LogP contribution in [0.15, 0.2) is 91.0 Å². The summed E-state index contributed by atoms with van der Waals surface area (Å²) in [7, 11) is -0.550. The van der Waals surface area contributed by atoms with Gasteiger partial charge in [0.2, 0.25) is 0 Å². The molecule has 1 heterocycles. The molecule has 2 atom stereocenters. The van der Waals surface area contributed by atoms with Gasteiger partial charge in [-0.2, -0.15) is 0 Å². The van der Waals surface area contributed by atoms with E-state index in [4.69, 9.17) is 23.3 Å². The number of hydrazine groups is 1. The molecule has 1 fully saturated rings. The quantitative estimate of drug-likeness (QED) is 0.0554. The van der Waals surface area contributed by atoms with Crippen LogP contribution in [0.2, 0.25) is 0 Å². The number of phenols is 2. The minimum atomic E-state index is -3.48. The van der Waals surface area contributed by atoms with E-state index in [1.54, 1.807) is 46.3 Å². The highest BCUT2D eigenvalue weighted by Gasteiger charge is 2.40. The van der Waals surface area contributed by atoms with Gasteiger partial charge in [0.25, 0.3) is 0 Å². The van der Waals surface area contributed by atoms with Crippen LogP contribution < -0.4 is 14.2 Å². The number of nitrogens with zero attached hydrogens (tertiary/aromatic N) is 3. The van der Waals surface area contributed by atoms with Crippen LogP contribution in [-0.4, -0.2) is 88.7 Å². The third-order valence-corrected chi connectivity index (χ3v) is 11.4. The van der Waals surface area contributed by atoms with Gasteiger partial charge >= 0.3 is 13.6 Å². The molecule has 13 nitrogen and oxygen atoms in total. The molecule has 14 heteroatoms. The van der Waals surface area contributed by atoms with Gasteiger partial charge in [-0.15, -0.1) is 0 Å². The second kappa shape index (κ2) is 21.1. The molecule has 3 N–H and O–H groups in total. The van der Waals surface area contributed by atoms with Crippen molar-refractivity contribution in [2.45, 2.75) is 77.7 Å². The largest absolute Gasteiger partial charge is 0.504 e. The summed E-state index contributed by atoms with van der Waals surface area (Å²) < 4.78 is 41.5. The second-order valence-electron chi connectivity index (χ2n) is 14.1. The van der Waals surface area contributed by atoms with E-state index in [0.717, 1.165) is 36.8 Å². The molecule has 1 saturated heterocycles. The van der Waals surface area contributed by atoms with E-state index in [0.29, 0.717) is 43.1 Å². The van der Waals surface area contributed by atoms with Crippen molar-refractivity contribution < 1.29 is 47.9 Å². The number of rotatable bonds is 21. The number of unbranched alkanes of at least 4 members (excludes halogenated alkanes) is 2. The van der Waals surface area contributed by atoms with Crippen LogP contribution in [0.25, 0.3) is 0 Å². The molecule has 2 amide bonds. The lowest BCUT2D eigenvalue weighted by molar-refractivity contribution is -0.0213. The Morgan fingerprint density at radius 1 is 0.719 bits per heavy atom. The number of methoxy groups -OCH3 is 2. The van der Waals surface area contributed by atoms with Gasteiger partial charge < -0.3 is 43.5 Å². The van der Waals surface area contributed by atoms with Crippen molar-refractivity contribution in [1.29, 1.82) is 0 Å². The standard InChI is InChI=1S/C43H56N3O10P/c1-5-7-22-55-57(51,56-23-8-6-2)31-54-36-18-14-32(15-19-36)24-37-40(49)30-44(27-33-12-10-9-11-13-33)46(29-35-17-21-39(48)42(26-35)53-4)43(50)45(37)28-34-16-20-38(47)41(25-34)52-3/h9-21,25-26,37,40,47-49H,5-8,22-24,27-31H2,1-4H3/t37-,40-/m1/s1. The maximum Gasteiger partial charge on any atom is 0.367 e. The Balaban J connectivity index is 1.45. The molecule has 0 radical (unpaired) electrons. The maximum absolute atomic E-state index is 15.0. The molecule has 0 unspecified atom stereocenters. The average molecular weight is 806 g/mol. The number of carbonyl (C=O) groups is 1. The molecular weight excluding hydrogens is 749 g/mol. The number of β-amino-alcohol motifs (C(OH)–C–C–N with tert-alkyl or cyclic N) is 1. The topological polar surface area (TPSA) is 151 Å². The Morgan fingerprint density at radius 2 is 1.28 bits per heavy atom. The highest BCUT2D eigenvalue weighted by atomic mass is 31.2. The van der Waals surface area contributed by atoms with E-state index >= 15 is 4.79 Å². The summed E-state index contributed by atoms with van der Waals surface area (Å²) in [6.45, 7) is 5.39. The van der Waals surface area contributed by atoms with Crippen molar-refractivity contribution in [2.24, 2.45) is 0 Å². The Bertz CT molecular complexity index is 1900. The van der Waals surface area contributed by atoms with Crippen LogP contribution in [-0.2, 0) is 39.7 Å². The van der Waals surface area contributed by atoms with E-state index in [9.17, 15) is 19.9 Å². The lowest BCUT2D eigenvalue weighted by Crippen LogP contribution is -2.51. The van der Waals surface area contributed by atoms with Crippen molar-refractivity contribution in [1.82, 2.24) is 14.9 Å². The molecule has 0 spiro atoms. The Hall–Kier alpha value is -4.78. The minimum absolute atomic E-state index is 0.0194. The molecule has 0 aromatic heterocycles. The number of benzene rings is 4. The number of hydrogen-bond donors (Lipinski definition) is 3. The highest BCUT2D eigenvalue weighted by molar-refractivity contribution is 7.53. The smallest absolute Gasteiger partial charge is 0.367 e. The van der Waals surface area contributed by atoms with Crippen LogP contribution in [0.4, 0.5) is 4.79 Å². The summed E-state index contributed by atoms with van der Waals surface area (Å²) in [6, 6.07) is 25.8. The third kappa shape index (κ3) is 12.1. The second-order valence-corrected chi connectivity index (χ2v) is 16.1. The minimum Gasteiger partial charge on any atom is -0.504 e. The van der Waals surface area contributed by atoms with Crippen LogP contribution >= 0.6 is 7.60 Å². The first-order valence-corrected chi connectivity index (χ1v) is 21.2. The summed E-state index contributed by atoms with van der Waals surface area (Å²) in [5, 5.41) is 36.2. The third-order valence-electron chi connectivity index (χ3n) is 9.76. The predicted octanol–water partition coefficient (Wildman–Crippen LogP) is 8.11. The molecule has 0 aliphatic carbocycles. The summed E-state index contributed by atoms with van der Waals surface area (Å²) in [5.74, 6) is 0.966. The van der Waals surface area contributed by atoms with Gasteiger partial charge in [0.05, 0.1) is 46.1 Å².